The standard InChI is InChI=1S/C17H29N3O/c1-13-7-9-15(10-8-13)17(3,4)12-19-16(18-5)20-14(2)11-21-6/h7-10,14H,11-12H2,1-6H3,(H2,18,19,20). The Bertz CT molecular complexity index is 452. The Morgan fingerprint density at radius 2 is 1.90 bits per heavy atom. The highest BCUT2D eigenvalue weighted by Crippen LogP contribution is 2.22. The van der Waals surface area contributed by atoms with E-state index in [4.69, 9.17) is 4.74 Å². The summed E-state index contributed by atoms with van der Waals surface area (Å²) in [6, 6.07) is 8.93. The van der Waals surface area contributed by atoms with Crippen LogP contribution in [0.3, 0.4) is 0 Å². The molecule has 1 unspecified atom stereocenters. The number of aryl methyl sites for hydroxylation is 1. The van der Waals surface area contributed by atoms with Crippen molar-refractivity contribution in [3.63, 3.8) is 0 Å². The normalized spacial score (nSPS) is 13.9. The molecule has 0 aliphatic rings. The maximum Gasteiger partial charge on any atom is 0.191 e. The van der Waals surface area contributed by atoms with Crippen LogP contribution in [0.1, 0.15) is 31.9 Å². The lowest BCUT2D eigenvalue weighted by atomic mass is 9.84. The SMILES string of the molecule is CN=C(NCC(C)(C)c1ccc(C)cc1)NC(C)COC. The van der Waals surface area contributed by atoms with Crippen molar-refractivity contribution in [1.82, 2.24) is 10.6 Å². The zero-order valence-corrected chi connectivity index (χ0v) is 14.2. The summed E-state index contributed by atoms with van der Waals surface area (Å²) >= 11 is 0. The van der Waals surface area contributed by atoms with E-state index in [1.165, 1.54) is 11.1 Å². The Morgan fingerprint density at radius 3 is 2.43 bits per heavy atom. The van der Waals surface area contributed by atoms with Gasteiger partial charge in [0.1, 0.15) is 0 Å². The maximum absolute atomic E-state index is 5.13. The number of nitrogens with zero attached hydrogens (tertiary/aromatic N) is 1. The van der Waals surface area contributed by atoms with Crippen molar-refractivity contribution in [1.29, 1.82) is 0 Å². The molecule has 0 aromatic heterocycles. The molecule has 1 aromatic carbocycles. The fourth-order valence-electron chi connectivity index (χ4n) is 2.13. The summed E-state index contributed by atoms with van der Waals surface area (Å²) in [4.78, 5) is 4.26. The Balaban J connectivity index is 2.60. The Hall–Kier alpha value is -1.55. The number of hydrogen-bond donors (Lipinski definition) is 2. The molecule has 0 heterocycles. The lowest BCUT2D eigenvalue weighted by Gasteiger charge is -2.27. The van der Waals surface area contributed by atoms with Gasteiger partial charge >= 0.3 is 0 Å². The first-order valence-corrected chi connectivity index (χ1v) is 7.42. The van der Waals surface area contributed by atoms with Crippen LogP contribution >= 0.6 is 0 Å². The van der Waals surface area contributed by atoms with Gasteiger partial charge in [0.25, 0.3) is 0 Å². The highest BCUT2D eigenvalue weighted by molar-refractivity contribution is 5.80. The van der Waals surface area contributed by atoms with Gasteiger partial charge in [0.15, 0.2) is 5.96 Å². The Labute approximate surface area is 129 Å². The van der Waals surface area contributed by atoms with Gasteiger partial charge < -0.3 is 15.4 Å². The zero-order valence-electron chi connectivity index (χ0n) is 14.2. The molecule has 1 rings (SSSR count). The lowest BCUT2D eigenvalue weighted by molar-refractivity contribution is 0.179. The Kier molecular flexibility index (Phi) is 6.69. The van der Waals surface area contributed by atoms with E-state index in [1.807, 2.05) is 0 Å². The van der Waals surface area contributed by atoms with Crippen molar-refractivity contribution in [3.8, 4) is 0 Å². The number of ether oxygens (including phenoxy) is 1. The average molecular weight is 291 g/mol. The molecule has 4 heteroatoms. The third kappa shape index (κ3) is 5.76. The summed E-state index contributed by atoms with van der Waals surface area (Å²) in [6.07, 6.45) is 0. The molecule has 0 saturated carbocycles. The van der Waals surface area contributed by atoms with E-state index in [1.54, 1.807) is 14.2 Å². The smallest absolute Gasteiger partial charge is 0.191 e. The molecule has 118 valence electrons. The molecule has 21 heavy (non-hydrogen) atoms. The predicted molar refractivity (Wildman–Crippen MR) is 90.0 cm³/mol. The van der Waals surface area contributed by atoms with Crippen LogP contribution in [0.2, 0.25) is 0 Å². The number of aliphatic imine (C=N–C) groups is 1. The second kappa shape index (κ2) is 8.03. The van der Waals surface area contributed by atoms with Crippen LogP contribution in [0.4, 0.5) is 0 Å². The van der Waals surface area contributed by atoms with Crippen LogP contribution in [0.25, 0.3) is 0 Å². The number of guanidine groups is 1. The number of nitrogens with one attached hydrogen (secondary N) is 2. The van der Waals surface area contributed by atoms with Crippen LogP contribution in [0.15, 0.2) is 29.3 Å². The quantitative estimate of drug-likeness (QED) is 0.625. The molecule has 0 radical (unpaired) electrons. The van der Waals surface area contributed by atoms with E-state index in [9.17, 15) is 0 Å². The van der Waals surface area contributed by atoms with Crippen molar-refractivity contribution in [2.75, 3.05) is 27.3 Å². The summed E-state index contributed by atoms with van der Waals surface area (Å²) in [5.41, 5.74) is 2.64. The van der Waals surface area contributed by atoms with E-state index in [-0.39, 0.29) is 11.5 Å². The van der Waals surface area contributed by atoms with Gasteiger partial charge in [-0.2, -0.15) is 0 Å². The van der Waals surface area contributed by atoms with E-state index >= 15 is 0 Å². The number of methoxy groups -OCH3 is 1. The predicted octanol–water partition coefficient (Wildman–Crippen LogP) is 2.47. The van der Waals surface area contributed by atoms with Crippen LogP contribution in [-0.2, 0) is 10.2 Å². The summed E-state index contributed by atoms with van der Waals surface area (Å²) in [6.45, 7) is 10.1. The third-order valence-electron chi connectivity index (χ3n) is 3.55. The zero-order chi connectivity index (χ0) is 15.9. The molecule has 1 aromatic rings. The number of rotatable bonds is 6. The maximum atomic E-state index is 5.13. The minimum atomic E-state index is 0.0375. The number of hydrogen-bond acceptors (Lipinski definition) is 2. The molecule has 0 saturated heterocycles. The molecule has 0 aliphatic heterocycles. The van der Waals surface area contributed by atoms with Crippen LogP contribution in [-0.4, -0.2) is 39.3 Å². The fourth-order valence-corrected chi connectivity index (χ4v) is 2.13. The molecular weight excluding hydrogens is 262 g/mol. The summed E-state index contributed by atoms with van der Waals surface area (Å²) in [5, 5.41) is 6.71. The van der Waals surface area contributed by atoms with Gasteiger partial charge in [-0.25, -0.2) is 0 Å². The second-order valence-corrected chi connectivity index (χ2v) is 6.18. The first-order chi connectivity index (χ1) is 9.89. The van der Waals surface area contributed by atoms with Gasteiger partial charge in [-0.15, -0.1) is 0 Å². The van der Waals surface area contributed by atoms with Gasteiger partial charge in [-0.05, 0) is 19.4 Å². The van der Waals surface area contributed by atoms with Gasteiger partial charge in [-0.3, -0.25) is 4.99 Å². The van der Waals surface area contributed by atoms with Gasteiger partial charge in [-0.1, -0.05) is 43.7 Å². The lowest BCUT2D eigenvalue weighted by Crippen LogP contribution is -2.47. The third-order valence-corrected chi connectivity index (χ3v) is 3.55. The molecule has 0 amide bonds. The van der Waals surface area contributed by atoms with Crippen molar-refractivity contribution >= 4 is 5.96 Å². The summed E-state index contributed by atoms with van der Waals surface area (Å²) in [5.74, 6) is 0.805. The van der Waals surface area contributed by atoms with Crippen LogP contribution < -0.4 is 10.6 Å². The molecule has 0 bridgehead atoms. The molecule has 2 N–H and O–H groups in total. The molecule has 4 nitrogen and oxygen atoms in total. The van der Waals surface area contributed by atoms with E-state index in [0.29, 0.717) is 6.61 Å². The minimum absolute atomic E-state index is 0.0375. The molecular formula is C17H29N3O. The van der Waals surface area contributed by atoms with E-state index in [2.05, 4.69) is 67.6 Å². The second-order valence-electron chi connectivity index (χ2n) is 6.18. The molecule has 0 fully saturated rings. The Morgan fingerprint density at radius 1 is 1.29 bits per heavy atom. The molecule has 0 spiro atoms. The largest absolute Gasteiger partial charge is 0.383 e. The van der Waals surface area contributed by atoms with Gasteiger partial charge in [0, 0.05) is 32.2 Å². The van der Waals surface area contributed by atoms with Crippen molar-refractivity contribution in [3.05, 3.63) is 35.4 Å². The highest BCUT2D eigenvalue weighted by Gasteiger charge is 2.21. The van der Waals surface area contributed by atoms with E-state index in [0.717, 1.165) is 12.5 Å². The number of benzene rings is 1. The van der Waals surface area contributed by atoms with Gasteiger partial charge in [0.05, 0.1) is 6.61 Å². The van der Waals surface area contributed by atoms with Crippen molar-refractivity contribution in [2.45, 2.75) is 39.2 Å². The first kappa shape index (κ1) is 17.5. The minimum Gasteiger partial charge on any atom is -0.383 e. The molecule has 1 atom stereocenters. The molecule has 0 aliphatic carbocycles. The topological polar surface area (TPSA) is 45.7 Å². The van der Waals surface area contributed by atoms with E-state index < -0.39 is 0 Å². The average Bonchev–Trinajstić information content (AvgIpc) is 2.44. The first-order valence-electron chi connectivity index (χ1n) is 7.42. The monoisotopic (exact) mass is 291 g/mol. The summed E-state index contributed by atoms with van der Waals surface area (Å²) < 4.78 is 5.13. The summed E-state index contributed by atoms with van der Waals surface area (Å²) in [7, 11) is 3.49. The fraction of sp³-hybridized carbons (Fsp3) is 0.588. The highest BCUT2D eigenvalue weighted by atomic mass is 16.5. The van der Waals surface area contributed by atoms with Gasteiger partial charge in [0.2, 0.25) is 0 Å². The van der Waals surface area contributed by atoms with Crippen molar-refractivity contribution < 1.29 is 4.74 Å². The van der Waals surface area contributed by atoms with Crippen LogP contribution in [0, 0.1) is 6.92 Å². The van der Waals surface area contributed by atoms with Crippen LogP contribution in [0.5, 0.6) is 0 Å². The van der Waals surface area contributed by atoms with Crippen molar-refractivity contribution in [2.24, 2.45) is 4.99 Å².